The molecular formula is C19H19N2O6-. The second-order valence-electron chi connectivity index (χ2n) is 5.45. The number of methoxy groups -OCH3 is 2. The summed E-state index contributed by atoms with van der Waals surface area (Å²) in [4.78, 5) is 23.2. The van der Waals surface area contributed by atoms with Gasteiger partial charge in [0.1, 0.15) is 5.75 Å². The molecule has 27 heavy (non-hydrogen) atoms. The maximum absolute atomic E-state index is 11.8. The van der Waals surface area contributed by atoms with Crippen LogP contribution in [0.4, 0.5) is 0 Å². The van der Waals surface area contributed by atoms with Crippen LogP contribution < -0.4 is 24.7 Å². The van der Waals surface area contributed by atoms with Crippen LogP contribution in [0.5, 0.6) is 17.2 Å². The molecule has 0 aromatic heterocycles. The van der Waals surface area contributed by atoms with Crippen LogP contribution >= 0.6 is 0 Å². The molecule has 1 N–H and O–H groups in total. The Morgan fingerprint density at radius 3 is 2.59 bits per heavy atom. The van der Waals surface area contributed by atoms with Crippen molar-refractivity contribution in [3.8, 4) is 17.2 Å². The van der Waals surface area contributed by atoms with Gasteiger partial charge in [-0.3, -0.25) is 4.79 Å². The summed E-state index contributed by atoms with van der Waals surface area (Å²) in [6.45, 7) is 1.68. The van der Waals surface area contributed by atoms with Crippen LogP contribution in [0.2, 0.25) is 0 Å². The average Bonchev–Trinajstić information content (AvgIpc) is 2.65. The Morgan fingerprint density at radius 2 is 1.96 bits per heavy atom. The minimum absolute atomic E-state index is 0.00978. The van der Waals surface area contributed by atoms with E-state index in [1.54, 1.807) is 12.1 Å². The Labute approximate surface area is 156 Å². The highest BCUT2D eigenvalue weighted by molar-refractivity contribution is 6.01. The molecule has 0 heterocycles. The lowest BCUT2D eigenvalue weighted by Crippen LogP contribution is -2.26. The van der Waals surface area contributed by atoms with E-state index in [2.05, 4.69) is 10.5 Å². The molecule has 0 unspecified atom stereocenters. The van der Waals surface area contributed by atoms with Crippen LogP contribution in [0, 0.1) is 6.92 Å². The van der Waals surface area contributed by atoms with Gasteiger partial charge < -0.3 is 24.1 Å². The van der Waals surface area contributed by atoms with E-state index in [0.29, 0.717) is 5.75 Å². The SMILES string of the molecule is COc1ccc(/C=N\NC(=O)COc2cccc(C)c2)c(C(=O)[O-])c1OC. The molecule has 0 spiro atoms. The number of rotatable bonds is 8. The van der Waals surface area contributed by atoms with Crippen LogP contribution in [-0.2, 0) is 4.79 Å². The third kappa shape index (κ3) is 5.21. The molecule has 1 amide bonds. The molecule has 0 bridgehead atoms. The predicted molar refractivity (Wildman–Crippen MR) is 96.3 cm³/mol. The molecule has 0 radical (unpaired) electrons. The minimum Gasteiger partial charge on any atom is -0.545 e. The Morgan fingerprint density at radius 1 is 1.19 bits per heavy atom. The lowest BCUT2D eigenvalue weighted by Gasteiger charge is -2.15. The first kappa shape index (κ1) is 19.8. The van der Waals surface area contributed by atoms with Crippen molar-refractivity contribution < 1.29 is 28.9 Å². The van der Waals surface area contributed by atoms with E-state index in [-0.39, 0.29) is 29.2 Å². The molecule has 2 rings (SSSR count). The van der Waals surface area contributed by atoms with Crippen molar-refractivity contribution >= 4 is 18.1 Å². The fourth-order valence-corrected chi connectivity index (χ4v) is 2.32. The summed E-state index contributed by atoms with van der Waals surface area (Å²) < 4.78 is 15.5. The van der Waals surface area contributed by atoms with Gasteiger partial charge in [0.15, 0.2) is 18.1 Å². The summed E-state index contributed by atoms with van der Waals surface area (Å²) in [6.07, 6.45) is 1.18. The van der Waals surface area contributed by atoms with Crippen molar-refractivity contribution in [3.63, 3.8) is 0 Å². The molecule has 0 aliphatic heterocycles. The fraction of sp³-hybridized carbons (Fsp3) is 0.211. The van der Waals surface area contributed by atoms with Gasteiger partial charge in [0.05, 0.1) is 32.0 Å². The van der Waals surface area contributed by atoms with Gasteiger partial charge in [-0.15, -0.1) is 0 Å². The number of ether oxygens (including phenoxy) is 3. The zero-order valence-electron chi connectivity index (χ0n) is 15.1. The average molecular weight is 371 g/mol. The van der Waals surface area contributed by atoms with Crippen molar-refractivity contribution in [2.45, 2.75) is 6.92 Å². The molecule has 0 aliphatic rings. The molecule has 0 saturated carbocycles. The molecule has 2 aromatic carbocycles. The normalized spacial score (nSPS) is 10.5. The van der Waals surface area contributed by atoms with Crippen molar-refractivity contribution in [1.82, 2.24) is 5.43 Å². The summed E-state index contributed by atoms with van der Waals surface area (Å²) in [5.74, 6) is -1.14. The number of aryl methyl sites for hydroxylation is 1. The Kier molecular flexibility index (Phi) is 6.76. The number of carboxylic acids is 1. The number of hydrazone groups is 1. The summed E-state index contributed by atoms with van der Waals surface area (Å²) >= 11 is 0. The number of amides is 1. The molecule has 8 nitrogen and oxygen atoms in total. The lowest BCUT2D eigenvalue weighted by molar-refractivity contribution is -0.255. The maximum Gasteiger partial charge on any atom is 0.277 e. The molecule has 8 heteroatoms. The third-order valence-electron chi connectivity index (χ3n) is 3.53. The molecule has 0 aliphatic carbocycles. The van der Waals surface area contributed by atoms with Crippen LogP contribution in [-0.4, -0.2) is 38.9 Å². The van der Waals surface area contributed by atoms with Gasteiger partial charge in [-0.25, -0.2) is 5.43 Å². The molecular weight excluding hydrogens is 352 g/mol. The summed E-state index contributed by atoms with van der Waals surface area (Å²) in [5.41, 5.74) is 3.23. The van der Waals surface area contributed by atoms with Crippen molar-refractivity contribution in [2.24, 2.45) is 5.10 Å². The second-order valence-corrected chi connectivity index (χ2v) is 5.45. The van der Waals surface area contributed by atoms with Gasteiger partial charge in [0, 0.05) is 5.56 Å². The van der Waals surface area contributed by atoms with Gasteiger partial charge >= 0.3 is 0 Å². The third-order valence-corrected chi connectivity index (χ3v) is 3.53. The van der Waals surface area contributed by atoms with Gasteiger partial charge in [-0.1, -0.05) is 12.1 Å². The van der Waals surface area contributed by atoms with E-state index in [9.17, 15) is 14.7 Å². The predicted octanol–water partition coefficient (Wildman–Crippen LogP) is 0.905. The van der Waals surface area contributed by atoms with Crippen molar-refractivity contribution in [1.29, 1.82) is 0 Å². The van der Waals surface area contributed by atoms with Crippen LogP contribution in [0.1, 0.15) is 21.5 Å². The smallest absolute Gasteiger partial charge is 0.277 e. The number of carbonyl (C=O) groups excluding carboxylic acids is 2. The van der Waals surface area contributed by atoms with E-state index in [1.807, 2.05) is 19.1 Å². The zero-order chi connectivity index (χ0) is 19.8. The molecule has 0 fully saturated rings. The van der Waals surface area contributed by atoms with Crippen LogP contribution in [0.25, 0.3) is 0 Å². The molecule has 2 aromatic rings. The summed E-state index contributed by atoms with van der Waals surface area (Å²) in [6, 6.07) is 10.3. The highest BCUT2D eigenvalue weighted by atomic mass is 16.5. The fourth-order valence-electron chi connectivity index (χ4n) is 2.32. The van der Waals surface area contributed by atoms with E-state index in [0.717, 1.165) is 5.56 Å². The van der Waals surface area contributed by atoms with E-state index < -0.39 is 11.9 Å². The van der Waals surface area contributed by atoms with Crippen LogP contribution in [0.3, 0.4) is 0 Å². The van der Waals surface area contributed by atoms with Gasteiger partial charge in [-0.05, 0) is 36.8 Å². The number of benzene rings is 2. The van der Waals surface area contributed by atoms with Crippen molar-refractivity contribution in [2.75, 3.05) is 20.8 Å². The first-order valence-electron chi connectivity index (χ1n) is 7.94. The molecule has 0 atom stereocenters. The first-order chi connectivity index (χ1) is 13.0. The van der Waals surface area contributed by atoms with E-state index in [1.165, 1.54) is 32.6 Å². The Bertz CT molecular complexity index is 863. The number of nitrogens with one attached hydrogen (secondary N) is 1. The highest BCUT2D eigenvalue weighted by Crippen LogP contribution is 2.32. The van der Waals surface area contributed by atoms with Gasteiger partial charge in [0.2, 0.25) is 0 Å². The summed E-state index contributed by atoms with van der Waals surface area (Å²) in [5, 5.41) is 15.2. The lowest BCUT2D eigenvalue weighted by atomic mass is 10.1. The van der Waals surface area contributed by atoms with Crippen LogP contribution in [0.15, 0.2) is 41.5 Å². The quantitative estimate of drug-likeness (QED) is 0.546. The zero-order valence-corrected chi connectivity index (χ0v) is 15.1. The number of hydrogen-bond acceptors (Lipinski definition) is 7. The number of aromatic carboxylic acids is 1. The van der Waals surface area contributed by atoms with Gasteiger partial charge in [0.25, 0.3) is 5.91 Å². The topological polar surface area (TPSA) is 109 Å². The minimum atomic E-state index is -1.46. The molecule has 0 saturated heterocycles. The van der Waals surface area contributed by atoms with Crippen molar-refractivity contribution in [3.05, 3.63) is 53.1 Å². The Balaban J connectivity index is 2.05. The number of nitrogens with zero attached hydrogens (tertiary/aromatic N) is 1. The largest absolute Gasteiger partial charge is 0.545 e. The number of carboxylic acid groups (broad SMARTS) is 1. The standard InChI is InChI=1S/C19H20N2O6/c1-12-5-4-6-14(9-12)27-11-16(22)21-20-10-13-7-8-15(25-2)18(26-3)17(13)19(23)24/h4-10H,11H2,1-3H3,(H,21,22)(H,23,24)/p-1/b20-10-. The Hall–Kier alpha value is -3.55. The maximum atomic E-state index is 11.8. The monoisotopic (exact) mass is 371 g/mol. The second kappa shape index (κ2) is 9.23. The van der Waals surface area contributed by atoms with E-state index >= 15 is 0 Å². The number of carbonyl (C=O) groups is 2. The van der Waals surface area contributed by atoms with E-state index in [4.69, 9.17) is 14.2 Å². The molecule has 142 valence electrons. The summed E-state index contributed by atoms with van der Waals surface area (Å²) in [7, 11) is 2.70. The first-order valence-corrected chi connectivity index (χ1v) is 7.94. The number of hydrogen-bond donors (Lipinski definition) is 1. The van der Waals surface area contributed by atoms with Gasteiger partial charge in [-0.2, -0.15) is 5.10 Å². The highest BCUT2D eigenvalue weighted by Gasteiger charge is 2.15.